The van der Waals surface area contributed by atoms with Crippen molar-refractivity contribution in [2.75, 3.05) is 11.9 Å². The van der Waals surface area contributed by atoms with Gasteiger partial charge in [-0.3, -0.25) is 9.59 Å². The molecule has 4 nitrogen and oxygen atoms in total. The molecule has 1 atom stereocenters. The van der Waals surface area contributed by atoms with Gasteiger partial charge in [0.2, 0.25) is 0 Å². The third-order valence-corrected chi connectivity index (χ3v) is 3.00. The number of anilines is 1. The number of carbonyl (C=O) groups excluding carboxylic acids is 2. The van der Waals surface area contributed by atoms with E-state index in [1.54, 1.807) is 31.2 Å². The Balaban J connectivity index is 2.04. The van der Waals surface area contributed by atoms with Crippen LogP contribution in [0.5, 0.6) is 0 Å². The zero-order valence-corrected chi connectivity index (χ0v) is 9.73. The third kappa shape index (κ3) is 2.53. The maximum Gasteiger partial charge on any atom is 0.256 e. The van der Waals surface area contributed by atoms with Crippen molar-refractivity contribution in [3.05, 3.63) is 29.8 Å². The van der Waals surface area contributed by atoms with Gasteiger partial charge in [0.15, 0.2) is 0 Å². The van der Waals surface area contributed by atoms with Crippen LogP contribution in [-0.2, 0) is 9.53 Å². The summed E-state index contributed by atoms with van der Waals surface area (Å²) in [6, 6.07) is 6.75. The summed E-state index contributed by atoms with van der Waals surface area (Å²) in [7, 11) is 0. The fourth-order valence-corrected chi connectivity index (χ4v) is 1.87. The van der Waals surface area contributed by atoms with Crippen LogP contribution in [0.15, 0.2) is 24.3 Å². The molecule has 1 heterocycles. The molecule has 0 aliphatic carbocycles. The van der Waals surface area contributed by atoms with Gasteiger partial charge in [0.05, 0.1) is 0 Å². The van der Waals surface area contributed by atoms with Gasteiger partial charge in [-0.1, -0.05) is 0 Å². The lowest BCUT2D eigenvalue weighted by molar-refractivity contribution is -0.133. The molecule has 1 unspecified atom stereocenters. The molecule has 0 radical (unpaired) electrons. The molecular weight excluding hydrogens is 218 g/mol. The van der Waals surface area contributed by atoms with E-state index in [2.05, 4.69) is 5.32 Å². The lowest BCUT2D eigenvalue weighted by atomic mass is 10.0. The zero-order chi connectivity index (χ0) is 12.3. The molecule has 1 aromatic rings. The minimum Gasteiger partial charge on any atom is -0.365 e. The number of hydrogen-bond donors (Lipinski definition) is 1. The van der Waals surface area contributed by atoms with Crippen LogP contribution in [0, 0.1) is 0 Å². The summed E-state index contributed by atoms with van der Waals surface area (Å²) >= 11 is 0. The lowest BCUT2D eigenvalue weighted by Gasteiger charge is -2.21. The molecule has 1 saturated heterocycles. The quantitative estimate of drug-likeness (QED) is 0.812. The number of amides is 1. The van der Waals surface area contributed by atoms with Gasteiger partial charge in [0, 0.05) is 17.9 Å². The van der Waals surface area contributed by atoms with Gasteiger partial charge in [0.25, 0.3) is 5.91 Å². The van der Waals surface area contributed by atoms with E-state index in [0.717, 1.165) is 19.1 Å². The average Bonchev–Trinajstić information content (AvgIpc) is 2.78. The zero-order valence-electron chi connectivity index (χ0n) is 9.73. The summed E-state index contributed by atoms with van der Waals surface area (Å²) in [6.45, 7) is 2.43. The van der Waals surface area contributed by atoms with Crippen molar-refractivity contribution in [3.63, 3.8) is 0 Å². The summed E-state index contributed by atoms with van der Waals surface area (Å²) in [4.78, 5) is 22.5. The average molecular weight is 233 g/mol. The van der Waals surface area contributed by atoms with Gasteiger partial charge in [-0.25, -0.2) is 0 Å². The Kier molecular flexibility index (Phi) is 3.24. The highest BCUT2D eigenvalue weighted by molar-refractivity contribution is 5.97. The standard InChI is InChI=1S/C13H15NO3/c1-13(7-2-8-17-13)12(16)14-11-5-3-10(9-15)4-6-11/h3-6,9H,2,7-8H2,1H3,(H,14,16). The third-order valence-electron chi connectivity index (χ3n) is 3.00. The summed E-state index contributed by atoms with van der Waals surface area (Å²) < 4.78 is 5.45. The summed E-state index contributed by atoms with van der Waals surface area (Å²) in [5.41, 5.74) is 0.548. The fourth-order valence-electron chi connectivity index (χ4n) is 1.87. The van der Waals surface area contributed by atoms with E-state index in [1.807, 2.05) is 0 Å². The van der Waals surface area contributed by atoms with Crippen LogP contribution in [0.1, 0.15) is 30.1 Å². The van der Waals surface area contributed by atoms with E-state index < -0.39 is 5.60 Å². The van der Waals surface area contributed by atoms with E-state index in [9.17, 15) is 9.59 Å². The van der Waals surface area contributed by atoms with Crippen LogP contribution in [-0.4, -0.2) is 24.4 Å². The first-order valence-electron chi connectivity index (χ1n) is 5.65. The van der Waals surface area contributed by atoms with Crippen LogP contribution in [0.25, 0.3) is 0 Å². The Bertz CT molecular complexity index is 419. The van der Waals surface area contributed by atoms with Gasteiger partial charge in [-0.05, 0) is 44.0 Å². The predicted molar refractivity (Wildman–Crippen MR) is 64.1 cm³/mol. The molecule has 1 amide bonds. The highest BCUT2D eigenvalue weighted by Gasteiger charge is 2.37. The highest BCUT2D eigenvalue weighted by Crippen LogP contribution is 2.26. The van der Waals surface area contributed by atoms with E-state index in [0.29, 0.717) is 17.9 Å². The second-order valence-electron chi connectivity index (χ2n) is 4.38. The van der Waals surface area contributed by atoms with Gasteiger partial charge in [-0.15, -0.1) is 0 Å². The monoisotopic (exact) mass is 233 g/mol. The second kappa shape index (κ2) is 4.67. The molecule has 0 saturated carbocycles. The normalized spacial score (nSPS) is 23.4. The van der Waals surface area contributed by atoms with Crippen molar-refractivity contribution in [2.45, 2.75) is 25.4 Å². The molecule has 1 fully saturated rings. The fraction of sp³-hybridized carbons (Fsp3) is 0.385. The maximum absolute atomic E-state index is 12.0. The van der Waals surface area contributed by atoms with Crippen molar-refractivity contribution < 1.29 is 14.3 Å². The summed E-state index contributed by atoms with van der Waals surface area (Å²) in [5, 5.41) is 2.80. The van der Waals surface area contributed by atoms with Crippen LogP contribution in [0.3, 0.4) is 0 Å². The van der Waals surface area contributed by atoms with Crippen molar-refractivity contribution in [3.8, 4) is 0 Å². The Morgan fingerprint density at radius 1 is 1.41 bits per heavy atom. The molecule has 1 aliphatic heterocycles. The number of hydrogen-bond acceptors (Lipinski definition) is 3. The Hall–Kier alpha value is -1.68. The van der Waals surface area contributed by atoms with E-state index in [-0.39, 0.29) is 5.91 Å². The van der Waals surface area contributed by atoms with Gasteiger partial charge in [0.1, 0.15) is 11.9 Å². The molecular formula is C13H15NO3. The molecule has 1 N–H and O–H groups in total. The predicted octanol–water partition coefficient (Wildman–Crippen LogP) is 2.01. The minimum atomic E-state index is -0.719. The van der Waals surface area contributed by atoms with E-state index in [1.165, 1.54) is 0 Å². The summed E-state index contributed by atoms with van der Waals surface area (Å²) in [6.07, 6.45) is 2.42. The smallest absolute Gasteiger partial charge is 0.256 e. The number of ether oxygens (including phenoxy) is 1. The topological polar surface area (TPSA) is 55.4 Å². The number of nitrogens with one attached hydrogen (secondary N) is 1. The number of aldehydes is 1. The molecule has 1 aromatic carbocycles. The SMILES string of the molecule is CC1(C(=O)Nc2ccc(C=O)cc2)CCCO1. The highest BCUT2D eigenvalue weighted by atomic mass is 16.5. The molecule has 4 heteroatoms. The van der Waals surface area contributed by atoms with Crippen molar-refractivity contribution in [1.82, 2.24) is 0 Å². The Labute approximate surface area is 100.0 Å². The maximum atomic E-state index is 12.0. The van der Waals surface area contributed by atoms with Crippen LogP contribution >= 0.6 is 0 Å². The van der Waals surface area contributed by atoms with Crippen molar-refractivity contribution in [1.29, 1.82) is 0 Å². The number of carbonyl (C=O) groups is 2. The van der Waals surface area contributed by atoms with Gasteiger partial charge < -0.3 is 10.1 Å². The Morgan fingerprint density at radius 3 is 2.65 bits per heavy atom. The first-order chi connectivity index (χ1) is 8.14. The molecule has 90 valence electrons. The summed E-state index contributed by atoms with van der Waals surface area (Å²) in [5.74, 6) is -0.131. The number of rotatable bonds is 3. The van der Waals surface area contributed by atoms with Crippen LogP contribution < -0.4 is 5.32 Å². The molecule has 0 spiro atoms. The molecule has 0 bridgehead atoms. The van der Waals surface area contributed by atoms with Gasteiger partial charge >= 0.3 is 0 Å². The minimum absolute atomic E-state index is 0.131. The Morgan fingerprint density at radius 2 is 2.12 bits per heavy atom. The number of benzene rings is 1. The largest absolute Gasteiger partial charge is 0.365 e. The molecule has 2 rings (SSSR count). The van der Waals surface area contributed by atoms with Crippen LogP contribution in [0.2, 0.25) is 0 Å². The second-order valence-corrected chi connectivity index (χ2v) is 4.38. The first kappa shape index (κ1) is 11.8. The lowest BCUT2D eigenvalue weighted by Crippen LogP contribution is -2.39. The van der Waals surface area contributed by atoms with Crippen molar-refractivity contribution in [2.24, 2.45) is 0 Å². The van der Waals surface area contributed by atoms with E-state index in [4.69, 9.17) is 4.74 Å². The van der Waals surface area contributed by atoms with E-state index >= 15 is 0 Å². The molecule has 0 aromatic heterocycles. The molecule has 17 heavy (non-hydrogen) atoms. The molecule has 1 aliphatic rings. The first-order valence-corrected chi connectivity index (χ1v) is 5.65. The van der Waals surface area contributed by atoms with Crippen molar-refractivity contribution >= 4 is 17.9 Å². The van der Waals surface area contributed by atoms with Crippen LogP contribution in [0.4, 0.5) is 5.69 Å². The van der Waals surface area contributed by atoms with Gasteiger partial charge in [-0.2, -0.15) is 0 Å².